The Morgan fingerprint density at radius 3 is 2.62 bits per heavy atom. The number of hydrogen-bond donors (Lipinski definition) is 1. The molecule has 0 bridgehead atoms. The molecule has 1 fully saturated rings. The first-order valence-electron chi connectivity index (χ1n) is 7.06. The van der Waals surface area contributed by atoms with Crippen LogP contribution in [0.2, 0.25) is 5.02 Å². The first-order chi connectivity index (χ1) is 9.70. The lowest BCUT2D eigenvalue weighted by molar-refractivity contribution is -0.131. The van der Waals surface area contributed by atoms with E-state index in [1.54, 1.807) is 17.0 Å². The van der Waals surface area contributed by atoms with Crippen LogP contribution in [0.1, 0.15) is 32.8 Å². The minimum atomic E-state index is -0.310. The summed E-state index contributed by atoms with van der Waals surface area (Å²) >= 11 is 6.05. The molecule has 1 aromatic rings. The number of benzene rings is 1. The maximum Gasteiger partial charge on any atom is 0.229 e. The Kier molecular flexibility index (Phi) is 4.28. The molecule has 0 spiro atoms. The lowest BCUT2D eigenvalue weighted by Gasteiger charge is -2.31. The third kappa shape index (κ3) is 3.38. The van der Waals surface area contributed by atoms with Gasteiger partial charge in [0, 0.05) is 29.2 Å². The summed E-state index contributed by atoms with van der Waals surface area (Å²) in [7, 11) is 0. The van der Waals surface area contributed by atoms with Crippen molar-refractivity contribution in [1.82, 2.24) is 4.90 Å². The van der Waals surface area contributed by atoms with Crippen LogP contribution in [0.15, 0.2) is 18.2 Å². The van der Waals surface area contributed by atoms with E-state index in [2.05, 4.69) is 5.32 Å². The zero-order valence-corrected chi connectivity index (χ0v) is 13.6. The van der Waals surface area contributed by atoms with Gasteiger partial charge in [0.1, 0.15) is 0 Å². The van der Waals surface area contributed by atoms with Gasteiger partial charge >= 0.3 is 0 Å². The summed E-state index contributed by atoms with van der Waals surface area (Å²) in [6, 6.07) is 5.40. The van der Waals surface area contributed by atoms with E-state index in [0.717, 1.165) is 5.56 Å². The highest BCUT2D eigenvalue weighted by molar-refractivity contribution is 6.31. The number of carbonyl (C=O) groups is 2. The summed E-state index contributed by atoms with van der Waals surface area (Å²) in [5.41, 5.74) is 1.29. The van der Waals surface area contributed by atoms with E-state index in [0.29, 0.717) is 17.3 Å². The summed E-state index contributed by atoms with van der Waals surface area (Å²) in [5, 5.41) is 3.50. The van der Waals surface area contributed by atoms with Crippen molar-refractivity contribution in [3.8, 4) is 0 Å². The predicted molar refractivity (Wildman–Crippen MR) is 84.4 cm³/mol. The van der Waals surface area contributed by atoms with Crippen molar-refractivity contribution in [2.45, 2.75) is 39.7 Å². The largest absolute Gasteiger partial charge is 0.337 e. The van der Waals surface area contributed by atoms with Gasteiger partial charge in [-0.3, -0.25) is 9.59 Å². The van der Waals surface area contributed by atoms with Gasteiger partial charge in [-0.1, -0.05) is 17.7 Å². The van der Waals surface area contributed by atoms with E-state index in [-0.39, 0.29) is 29.7 Å². The number of nitrogens with zero attached hydrogens (tertiary/aromatic N) is 1. The highest BCUT2D eigenvalue weighted by Crippen LogP contribution is 2.28. The number of nitrogens with one attached hydrogen (secondary N) is 1. The average Bonchev–Trinajstić information content (AvgIpc) is 2.77. The second kappa shape index (κ2) is 5.68. The fraction of sp³-hybridized carbons (Fsp3) is 0.500. The number of anilines is 1. The molecule has 1 N–H and O–H groups in total. The first-order valence-corrected chi connectivity index (χ1v) is 7.44. The van der Waals surface area contributed by atoms with Gasteiger partial charge in [-0.05, 0) is 45.4 Å². The van der Waals surface area contributed by atoms with Crippen LogP contribution in [0.3, 0.4) is 0 Å². The number of rotatable bonds is 2. The minimum Gasteiger partial charge on any atom is -0.337 e. The maximum atomic E-state index is 12.4. The fourth-order valence-corrected chi connectivity index (χ4v) is 2.68. The summed E-state index contributed by atoms with van der Waals surface area (Å²) in [4.78, 5) is 26.2. The van der Waals surface area contributed by atoms with Gasteiger partial charge < -0.3 is 10.2 Å². The van der Waals surface area contributed by atoms with Crippen molar-refractivity contribution < 1.29 is 9.59 Å². The molecule has 114 valence electrons. The highest BCUT2D eigenvalue weighted by Gasteiger charge is 2.39. The third-order valence-corrected chi connectivity index (χ3v) is 4.24. The molecule has 1 aromatic carbocycles. The molecule has 4 nitrogen and oxygen atoms in total. The van der Waals surface area contributed by atoms with E-state index >= 15 is 0 Å². The molecular formula is C16H21ClN2O2. The number of hydrogen-bond acceptors (Lipinski definition) is 2. The Morgan fingerprint density at radius 2 is 2.05 bits per heavy atom. The molecule has 1 heterocycles. The monoisotopic (exact) mass is 308 g/mol. The zero-order chi connectivity index (χ0) is 15.8. The predicted octanol–water partition coefficient (Wildman–Crippen LogP) is 3.23. The molecule has 2 amide bonds. The van der Waals surface area contributed by atoms with E-state index in [9.17, 15) is 9.59 Å². The Labute approximate surface area is 130 Å². The molecule has 0 unspecified atom stereocenters. The van der Waals surface area contributed by atoms with Crippen molar-refractivity contribution in [2.24, 2.45) is 5.92 Å². The van der Waals surface area contributed by atoms with Gasteiger partial charge in [-0.25, -0.2) is 0 Å². The molecule has 1 saturated heterocycles. The van der Waals surface area contributed by atoms with E-state index in [1.807, 2.05) is 33.8 Å². The van der Waals surface area contributed by atoms with Crippen molar-refractivity contribution in [1.29, 1.82) is 0 Å². The van der Waals surface area contributed by atoms with Crippen LogP contribution >= 0.6 is 11.6 Å². The van der Waals surface area contributed by atoms with Crippen molar-refractivity contribution in [3.63, 3.8) is 0 Å². The normalized spacial score (nSPS) is 19.0. The molecule has 0 aliphatic carbocycles. The molecule has 0 saturated carbocycles. The minimum absolute atomic E-state index is 0.0328. The van der Waals surface area contributed by atoms with E-state index in [1.165, 1.54) is 0 Å². The Hall–Kier alpha value is -1.55. The molecule has 1 atom stereocenters. The molecule has 1 aliphatic heterocycles. The van der Waals surface area contributed by atoms with Crippen LogP contribution in [0.4, 0.5) is 5.69 Å². The molecule has 21 heavy (non-hydrogen) atoms. The highest BCUT2D eigenvalue weighted by atomic mass is 35.5. The van der Waals surface area contributed by atoms with Crippen LogP contribution in [-0.2, 0) is 9.59 Å². The molecule has 1 aliphatic rings. The standard InChI is InChI=1S/C16H21ClN2O2/c1-10-12(17)6-5-7-13(10)18-15(21)11-8-14(20)19(9-11)16(2,3)4/h5-7,11H,8-9H2,1-4H3,(H,18,21)/t11-/m0/s1. The van der Waals surface area contributed by atoms with Crippen molar-refractivity contribution in [2.75, 3.05) is 11.9 Å². The second-order valence-electron chi connectivity index (χ2n) is 6.48. The number of likely N-dealkylation sites (tertiary alicyclic amines) is 1. The topological polar surface area (TPSA) is 49.4 Å². The van der Waals surface area contributed by atoms with Crippen LogP contribution in [-0.4, -0.2) is 28.8 Å². The molecule has 0 aromatic heterocycles. The number of amides is 2. The number of halogens is 1. The average molecular weight is 309 g/mol. The van der Waals surface area contributed by atoms with Crippen LogP contribution in [0.5, 0.6) is 0 Å². The maximum absolute atomic E-state index is 12.4. The smallest absolute Gasteiger partial charge is 0.229 e. The number of carbonyl (C=O) groups excluding carboxylic acids is 2. The lowest BCUT2D eigenvalue weighted by atomic mass is 10.1. The van der Waals surface area contributed by atoms with Gasteiger partial charge in [0.25, 0.3) is 0 Å². The van der Waals surface area contributed by atoms with Gasteiger partial charge in [0.2, 0.25) is 11.8 Å². The van der Waals surface area contributed by atoms with Gasteiger partial charge in [-0.15, -0.1) is 0 Å². The Bertz CT molecular complexity index is 578. The molecule has 0 radical (unpaired) electrons. The summed E-state index contributed by atoms with van der Waals surface area (Å²) in [5.74, 6) is -0.402. The van der Waals surface area contributed by atoms with Crippen LogP contribution < -0.4 is 5.32 Å². The quantitative estimate of drug-likeness (QED) is 0.912. The summed E-state index contributed by atoms with van der Waals surface area (Å²) in [6.45, 7) is 8.26. The SMILES string of the molecule is Cc1c(Cl)cccc1NC(=O)[C@H]1CC(=O)N(C(C)(C)C)C1. The Balaban J connectivity index is 2.09. The summed E-state index contributed by atoms with van der Waals surface area (Å²) < 4.78 is 0. The lowest BCUT2D eigenvalue weighted by Crippen LogP contribution is -2.42. The molecule has 5 heteroatoms. The van der Waals surface area contributed by atoms with Crippen LogP contribution in [0, 0.1) is 12.8 Å². The van der Waals surface area contributed by atoms with Crippen molar-refractivity contribution in [3.05, 3.63) is 28.8 Å². The van der Waals surface area contributed by atoms with Crippen LogP contribution in [0.25, 0.3) is 0 Å². The molecule has 2 rings (SSSR count). The fourth-order valence-electron chi connectivity index (χ4n) is 2.51. The zero-order valence-electron chi connectivity index (χ0n) is 12.9. The van der Waals surface area contributed by atoms with Gasteiger partial charge in [0.15, 0.2) is 0 Å². The van der Waals surface area contributed by atoms with Gasteiger partial charge in [0.05, 0.1) is 5.92 Å². The summed E-state index contributed by atoms with van der Waals surface area (Å²) in [6.07, 6.45) is 0.267. The Morgan fingerprint density at radius 1 is 1.38 bits per heavy atom. The third-order valence-electron chi connectivity index (χ3n) is 3.83. The van der Waals surface area contributed by atoms with Gasteiger partial charge in [-0.2, -0.15) is 0 Å². The molecular weight excluding hydrogens is 288 g/mol. The van der Waals surface area contributed by atoms with E-state index in [4.69, 9.17) is 11.6 Å². The van der Waals surface area contributed by atoms with Crippen molar-refractivity contribution >= 4 is 29.1 Å². The first kappa shape index (κ1) is 15.8. The second-order valence-corrected chi connectivity index (χ2v) is 6.89. The van der Waals surface area contributed by atoms with E-state index < -0.39 is 0 Å².